The van der Waals surface area contributed by atoms with Crippen molar-refractivity contribution in [3.8, 4) is 11.5 Å². The Balaban J connectivity index is 1.52. The number of hydrogen-bond donors (Lipinski definition) is 0. The molecule has 0 N–H and O–H groups in total. The van der Waals surface area contributed by atoms with Crippen LogP contribution >= 0.6 is 11.6 Å². The zero-order chi connectivity index (χ0) is 25.5. The van der Waals surface area contributed by atoms with E-state index in [9.17, 15) is 9.59 Å². The van der Waals surface area contributed by atoms with Crippen LogP contribution in [-0.2, 0) is 6.54 Å². The molecule has 1 aliphatic heterocycles. The molecule has 1 amide bonds. The first-order valence-electron chi connectivity index (χ1n) is 11.8. The highest BCUT2D eigenvalue weighted by Crippen LogP contribution is 2.40. The van der Waals surface area contributed by atoms with E-state index in [1.807, 2.05) is 73.7 Å². The predicted octanol–water partition coefficient (Wildman–Crippen LogP) is 6.69. The lowest BCUT2D eigenvalue weighted by Gasteiger charge is -2.25. The minimum Gasteiger partial charge on any atom is -0.457 e. The smallest absolute Gasteiger partial charge is 0.291 e. The van der Waals surface area contributed by atoms with Crippen molar-refractivity contribution in [3.63, 3.8) is 0 Å². The Labute approximate surface area is 217 Å². The predicted molar refractivity (Wildman–Crippen MR) is 141 cm³/mol. The average molecular weight is 509 g/mol. The van der Waals surface area contributed by atoms with Crippen LogP contribution in [0.15, 0.2) is 100 Å². The minimum absolute atomic E-state index is 0.0440. The summed E-state index contributed by atoms with van der Waals surface area (Å²) in [6, 6.07) is 23.2. The van der Waals surface area contributed by atoms with Crippen LogP contribution in [0, 0.1) is 6.92 Å². The Morgan fingerprint density at radius 3 is 2.57 bits per heavy atom. The number of pyridine rings is 1. The van der Waals surface area contributed by atoms with Crippen LogP contribution in [-0.4, -0.2) is 15.8 Å². The summed E-state index contributed by atoms with van der Waals surface area (Å²) in [5, 5.41) is 0.804. The van der Waals surface area contributed by atoms with E-state index in [1.165, 1.54) is 0 Å². The van der Waals surface area contributed by atoms with Gasteiger partial charge < -0.3 is 14.1 Å². The van der Waals surface area contributed by atoms with E-state index in [4.69, 9.17) is 20.8 Å². The number of nitrogens with zero attached hydrogens (tertiary/aromatic N) is 2. The number of carbonyl (C=O) groups excluding carboxylic acids is 1. The molecule has 6 nitrogen and oxygen atoms in total. The lowest BCUT2D eigenvalue weighted by molar-refractivity contribution is 0.0714. The van der Waals surface area contributed by atoms with Gasteiger partial charge in [0.1, 0.15) is 17.1 Å². The van der Waals surface area contributed by atoms with Gasteiger partial charge in [0.15, 0.2) is 5.43 Å². The number of rotatable bonds is 5. The summed E-state index contributed by atoms with van der Waals surface area (Å²) in [5.41, 5.74) is 2.67. The minimum atomic E-state index is -0.678. The van der Waals surface area contributed by atoms with E-state index in [-0.39, 0.29) is 29.2 Å². The molecule has 0 aliphatic carbocycles. The normalized spacial score (nSPS) is 14.7. The Kier molecular flexibility index (Phi) is 5.74. The second-order valence-electron chi connectivity index (χ2n) is 8.96. The highest BCUT2D eigenvalue weighted by atomic mass is 35.5. The summed E-state index contributed by atoms with van der Waals surface area (Å²) in [5.74, 6) is 0.965. The molecule has 0 saturated carbocycles. The molecule has 182 valence electrons. The van der Waals surface area contributed by atoms with Crippen LogP contribution in [0.5, 0.6) is 11.5 Å². The van der Waals surface area contributed by atoms with Gasteiger partial charge in [0.05, 0.1) is 17.0 Å². The number of hydrogen-bond acceptors (Lipinski definition) is 5. The van der Waals surface area contributed by atoms with Gasteiger partial charge in [0.25, 0.3) is 5.91 Å². The van der Waals surface area contributed by atoms with E-state index >= 15 is 0 Å². The molecular weight excluding hydrogens is 488 g/mol. The third-order valence-corrected chi connectivity index (χ3v) is 6.88. The Bertz CT molecular complexity index is 1700. The van der Waals surface area contributed by atoms with Crippen LogP contribution in [0.4, 0.5) is 0 Å². The summed E-state index contributed by atoms with van der Waals surface area (Å²) in [7, 11) is 0. The van der Waals surface area contributed by atoms with E-state index < -0.39 is 6.04 Å². The number of fused-ring (bicyclic) bond motifs is 2. The van der Waals surface area contributed by atoms with Crippen molar-refractivity contribution in [2.24, 2.45) is 0 Å². The fourth-order valence-corrected chi connectivity index (χ4v) is 4.88. The van der Waals surface area contributed by atoms with Gasteiger partial charge in [-0.1, -0.05) is 48.0 Å². The quantitative estimate of drug-likeness (QED) is 0.264. The van der Waals surface area contributed by atoms with Crippen LogP contribution in [0.3, 0.4) is 0 Å². The van der Waals surface area contributed by atoms with Crippen molar-refractivity contribution in [2.45, 2.75) is 19.5 Å². The molecule has 0 unspecified atom stereocenters. The van der Waals surface area contributed by atoms with Gasteiger partial charge in [-0.05, 0) is 66.1 Å². The number of benzene rings is 3. The monoisotopic (exact) mass is 508 g/mol. The van der Waals surface area contributed by atoms with Crippen molar-refractivity contribution in [1.29, 1.82) is 0 Å². The van der Waals surface area contributed by atoms with Crippen molar-refractivity contribution < 1.29 is 13.9 Å². The van der Waals surface area contributed by atoms with Gasteiger partial charge in [-0.25, -0.2) is 0 Å². The molecule has 0 saturated heterocycles. The lowest BCUT2D eigenvalue weighted by atomic mass is 9.98. The summed E-state index contributed by atoms with van der Waals surface area (Å²) < 4.78 is 12.1. The first-order valence-corrected chi connectivity index (χ1v) is 12.2. The molecule has 5 aromatic rings. The summed E-state index contributed by atoms with van der Waals surface area (Å²) >= 11 is 6.35. The highest BCUT2D eigenvalue weighted by molar-refractivity contribution is 6.32. The molecular formula is C30H21ClN2O4. The number of carbonyl (C=O) groups is 1. The van der Waals surface area contributed by atoms with Crippen LogP contribution in [0.1, 0.15) is 38.9 Å². The standard InChI is InChI=1S/C30H21ClN2O4/c1-18-13-25-23(15-24(18)31)28(34)26-27(20-8-5-11-22(14-20)36-21-9-3-2-4-10-21)33(30(35)29(26)37-25)17-19-7-6-12-32-16-19/h2-16,27H,17H2,1H3/t27-/m1/s1. The van der Waals surface area contributed by atoms with Crippen LogP contribution in [0.2, 0.25) is 5.02 Å². The average Bonchev–Trinajstić information content (AvgIpc) is 3.18. The molecule has 3 aromatic carbocycles. The maximum Gasteiger partial charge on any atom is 0.291 e. The van der Waals surface area contributed by atoms with Gasteiger partial charge >= 0.3 is 0 Å². The molecule has 1 atom stereocenters. The molecule has 3 heterocycles. The lowest BCUT2D eigenvalue weighted by Crippen LogP contribution is -2.29. The van der Waals surface area contributed by atoms with Crippen molar-refractivity contribution in [2.75, 3.05) is 0 Å². The Morgan fingerprint density at radius 1 is 0.973 bits per heavy atom. The Hall–Kier alpha value is -4.42. The second-order valence-corrected chi connectivity index (χ2v) is 9.36. The molecule has 7 heteroatoms. The van der Waals surface area contributed by atoms with Gasteiger partial charge in [-0.2, -0.15) is 0 Å². The van der Waals surface area contributed by atoms with Gasteiger partial charge in [-0.15, -0.1) is 0 Å². The number of aryl methyl sites for hydroxylation is 1. The van der Waals surface area contributed by atoms with Gasteiger partial charge in [0.2, 0.25) is 5.76 Å². The van der Waals surface area contributed by atoms with Crippen molar-refractivity contribution in [1.82, 2.24) is 9.88 Å². The Morgan fingerprint density at radius 2 is 1.78 bits per heavy atom. The van der Waals surface area contributed by atoms with Crippen molar-refractivity contribution >= 4 is 28.5 Å². The third-order valence-electron chi connectivity index (χ3n) is 6.48. The maximum atomic E-state index is 13.8. The topological polar surface area (TPSA) is 72.6 Å². The van der Waals surface area contributed by atoms with E-state index in [0.717, 1.165) is 16.7 Å². The fourth-order valence-electron chi connectivity index (χ4n) is 4.71. The second kappa shape index (κ2) is 9.22. The van der Waals surface area contributed by atoms with Gasteiger partial charge in [0, 0.05) is 24.0 Å². The molecule has 6 rings (SSSR count). The molecule has 37 heavy (non-hydrogen) atoms. The zero-order valence-corrected chi connectivity index (χ0v) is 20.6. The van der Waals surface area contributed by atoms with E-state index in [0.29, 0.717) is 27.5 Å². The number of para-hydroxylation sites is 1. The summed E-state index contributed by atoms with van der Waals surface area (Å²) in [6.45, 7) is 2.08. The van der Waals surface area contributed by atoms with Gasteiger partial charge in [-0.3, -0.25) is 14.6 Å². The zero-order valence-electron chi connectivity index (χ0n) is 19.9. The summed E-state index contributed by atoms with van der Waals surface area (Å²) in [6.07, 6.45) is 3.38. The fraction of sp³-hybridized carbons (Fsp3) is 0.100. The molecule has 0 bridgehead atoms. The number of ether oxygens (including phenoxy) is 1. The number of amides is 1. The molecule has 1 aliphatic rings. The molecule has 0 radical (unpaired) electrons. The molecule has 2 aromatic heterocycles. The van der Waals surface area contributed by atoms with Crippen LogP contribution < -0.4 is 10.2 Å². The van der Waals surface area contributed by atoms with E-state index in [1.54, 1.807) is 29.4 Å². The van der Waals surface area contributed by atoms with Crippen molar-refractivity contribution in [3.05, 3.63) is 135 Å². The summed E-state index contributed by atoms with van der Waals surface area (Å²) in [4.78, 5) is 33.4. The van der Waals surface area contributed by atoms with Crippen LogP contribution in [0.25, 0.3) is 11.0 Å². The number of aromatic nitrogens is 1. The molecule has 0 spiro atoms. The number of halogens is 1. The molecule has 0 fully saturated rings. The van der Waals surface area contributed by atoms with E-state index in [2.05, 4.69) is 4.98 Å². The first-order chi connectivity index (χ1) is 18.0. The first kappa shape index (κ1) is 23.0. The third kappa shape index (κ3) is 4.15. The maximum absolute atomic E-state index is 13.8. The highest BCUT2D eigenvalue weighted by Gasteiger charge is 2.43. The SMILES string of the molecule is Cc1cc2oc3c(c(=O)c2cc1Cl)[C@@H](c1cccc(Oc2ccccc2)c1)N(Cc1cccnc1)C3=O. The largest absolute Gasteiger partial charge is 0.457 e.